The fraction of sp³-hybridized carbons (Fsp3) is 0.541. The summed E-state index contributed by atoms with van der Waals surface area (Å²) in [5, 5.41) is 0.851. The third-order valence-electron chi connectivity index (χ3n) is 10.8. The van der Waals surface area contributed by atoms with Crippen molar-refractivity contribution in [3.63, 3.8) is 0 Å². The molecule has 0 spiro atoms. The average molecular weight is 757 g/mol. The van der Waals surface area contributed by atoms with Gasteiger partial charge in [-0.3, -0.25) is 14.5 Å². The summed E-state index contributed by atoms with van der Waals surface area (Å²) >= 11 is 0. The molecule has 4 heterocycles. The number of hydrogen-bond acceptors (Lipinski definition) is 11. The summed E-state index contributed by atoms with van der Waals surface area (Å²) in [6.45, 7) is 7.45. The number of carbonyl (C=O) groups excluding carboxylic acids is 2. The molecule has 0 unspecified atom stereocenters. The molecule has 1 aromatic heterocycles. The van der Waals surface area contributed by atoms with Gasteiger partial charge < -0.3 is 28.6 Å². The van der Waals surface area contributed by atoms with E-state index in [1.165, 1.54) is 23.0 Å². The van der Waals surface area contributed by atoms with Gasteiger partial charge in [0, 0.05) is 84.2 Å². The van der Waals surface area contributed by atoms with E-state index in [9.17, 15) is 22.8 Å². The van der Waals surface area contributed by atoms with Crippen molar-refractivity contribution in [1.29, 1.82) is 0 Å². The lowest BCUT2D eigenvalue weighted by molar-refractivity contribution is 0.0566. The minimum Gasteiger partial charge on any atom is -0.422 e. The predicted octanol–water partition coefficient (Wildman–Crippen LogP) is 2.67. The number of hydrogen-bond donors (Lipinski definition) is 1. The van der Waals surface area contributed by atoms with Crippen molar-refractivity contribution in [2.24, 2.45) is 0 Å². The van der Waals surface area contributed by atoms with Crippen molar-refractivity contribution in [3.05, 3.63) is 67.8 Å². The molecule has 1 N–H and O–H groups in total. The van der Waals surface area contributed by atoms with E-state index in [1.54, 1.807) is 21.2 Å². The zero-order valence-corrected chi connectivity index (χ0v) is 32.3. The number of fused-ring (bicyclic) bond motifs is 3. The number of piperidine rings is 1. The van der Waals surface area contributed by atoms with Crippen LogP contribution in [0.1, 0.15) is 55.8 Å². The first-order chi connectivity index (χ1) is 25.1. The normalized spacial score (nSPS) is 20.1. The number of likely N-dealkylation sites (N-methyl/N-ethyl adjacent to an activating group) is 1. The molecule has 0 radical (unpaired) electrons. The van der Waals surface area contributed by atoms with E-state index in [2.05, 4.69) is 27.6 Å². The van der Waals surface area contributed by atoms with Gasteiger partial charge in [0.15, 0.2) is 0 Å². The predicted molar refractivity (Wildman–Crippen MR) is 200 cm³/mol. The maximum absolute atomic E-state index is 15.8. The number of methoxy groups -OCH3 is 2. The van der Waals surface area contributed by atoms with E-state index in [-0.39, 0.29) is 55.1 Å². The van der Waals surface area contributed by atoms with Gasteiger partial charge in [-0.15, -0.1) is 0 Å². The SMILES string of the molecule is COC[C@H]1CN(c2cc(C)c3c4c(c(=O)oc3c2C)CN(C(=O)c2cc(N(C)C)c(C(=O)NS(=O)(=O)N3CCC[C@H](OC)C3)cc2F)CC4)CCN1C. The molecular weight excluding hydrogens is 708 g/mol. The number of piperazine rings is 1. The molecule has 2 amide bonds. The van der Waals surface area contributed by atoms with Crippen LogP contribution in [-0.4, -0.2) is 128 Å². The van der Waals surface area contributed by atoms with Gasteiger partial charge in [-0.05, 0) is 69.5 Å². The Hall–Kier alpha value is -4.09. The minimum absolute atomic E-state index is 0.0840. The lowest BCUT2D eigenvalue weighted by Crippen LogP contribution is -2.53. The Morgan fingerprint density at radius 1 is 1.04 bits per heavy atom. The highest BCUT2D eigenvalue weighted by molar-refractivity contribution is 7.87. The van der Waals surface area contributed by atoms with Crippen LogP contribution in [0.5, 0.6) is 0 Å². The van der Waals surface area contributed by atoms with Crippen LogP contribution in [0.15, 0.2) is 27.4 Å². The second kappa shape index (κ2) is 15.3. The fourth-order valence-electron chi connectivity index (χ4n) is 7.79. The number of ether oxygens (including phenoxy) is 2. The molecule has 0 aliphatic carbocycles. The molecule has 3 aliphatic heterocycles. The van der Waals surface area contributed by atoms with Gasteiger partial charge >= 0.3 is 15.8 Å². The van der Waals surface area contributed by atoms with Crippen LogP contribution in [0.3, 0.4) is 0 Å². The van der Waals surface area contributed by atoms with Gasteiger partial charge in [0.1, 0.15) is 11.4 Å². The number of nitrogens with zero attached hydrogens (tertiary/aromatic N) is 5. The Balaban J connectivity index is 1.26. The van der Waals surface area contributed by atoms with E-state index in [0.717, 1.165) is 57.8 Å². The summed E-state index contributed by atoms with van der Waals surface area (Å²) in [7, 11) is 4.24. The van der Waals surface area contributed by atoms with Crippen LogP contribution >= 0.6 is 0 Å². The van der Waals surface area contributed by atoms with Gasteiger partial charge in [-0.1, -0.05) is 0 Å². The Morgan fingerprint density at radius 3 is 2.49 bits per heavy atom. The molecule has 53 heavy (non-hydrogen) atoms. The highest BCUT2D eigenvalue weighted by atomic mass is 32.2. The Morgan fingerprint density at radius 2 is 1.79 bits per heavy atom. The quantitative estimate of drug-likeness (QED) is 0.322. The number of halogens is 1. The summed E-state index contributed by atoms with van der Waals surface area (Å²) < 4.78 is 61.9. The van der Waals surface area contributed by atoms with Crippen molar-refractivity contribution in [2.45, 2.75) is 51.8 Å². The molecule has 0 saturated carbocycles. The van der Waals surface area contributed by atoms with Crippen LogP contribution in [0.4, 0.5) is 15.8 Å². The van der Waals surface area contributed by atoms with Crippen LogP contribution in [-0.2, 0) is 32.6 Å². The van der Waals surface area contributed by atoms with E-state index >= 15 is 4.39 Å². The topological polar surface area (TPSA) is 145 Å². The first-order valence-corrected chi connectivity index (χ1v) is 19.3. The number of aryl methyl sites for hydroxylation is 2. The summed E-state index contributed by atoms with van der Waals surface area (Å²) in [4.78, 5) is 48.3. The van der Waals surface area contributed by atoms with Gasteiger partial charge in [0.2, 0.25) is 0 Å². The minimum atomic E-state index is -4.25. The third kappa shape index (κ3) is 7.52. The Kier molecular flexibility index (Phi) is 11.2. The average Bonchev–Trinajstić information content (AvgIpc) is 3.13. The van der Waals surface area contributed by atoms with Crippen molar-refractivity contribution in [3.8, 4) is 0 Å². The lowest BCUT2D eigenvalue weighted by atomic mass is 9.92. The summed E-state index contributed by atoms with van der Waals surface area (Å²) in [5.74, 6) is -2.69. The fourth-order valence-corrected chi connectivity index (χ4v) is 9.00. The molecule has 16 heteroatoms. The van der Waals surface area contributed by atoms with Crippen LogP contribution in [0.2, 0.25) is 0 Å². The van der Waals surface area contributed by atoms with Crippen LogP contribution < -0.4 is 20.1 Å². The second-order valence-corrected chi connectivity index (χ2v) is 16.1. The van der Waals surface area contributed by atoms with Crippen molar-refractivity contribution >= 4 is 44.4 Å². The van der Waals surface area contributed by atoms with Gasteiger partial charge in [0.25, 0.3) is 11.8 Å². The Labute approximate surface area is 309 Å². The smallest absolute Gasteiger partial charge is 0.341 e. The second-order valence-electron chi connectivity index (χ2n) is 14.4. The molecule has 2 fully saturated rings. The molecule has 2 saturated heterocycles. The largest absolute Gasteiger partial charge is 0.422 e. The lowest BCUT2D eigenvalue weighted by Gasteiger charge is -2.41. The van der Waals surface area contributed by atoms with Gasteiger partial charge in [-0.25, -0.2) is 13.9 Å². The Bertz CT molecular complexity index is 2090. The molecular formula is C37H49FN6O8S. The summed E-state index contributed by atoms with van der Waals surface area (Å²) in [6, 6.07) is 4.47. The number of amides is 2. The number of anilines is 2. The van der Waals surface area contributed by atoms with Crippen molar-refractivity contribution in [2.75, 3.05) is 91.0 Å². The van der Waals surface area contributed by atoms with Crippen LogP contribution in [0, 0.1) is 19.7 Å². The maximum atomic E-state index is 15.8. The third-order valence-corrected chi connectivity index (χ3v) is 12.3. The highest BCUT2D eigenvalue weighted by Gasteiger charge is 2.34. The zero-order valence-electron chi connectivity index (χ0n) is 31.5. The molecule has 2 atom stereocenters. The number of nitrogens with one attached hydrogen (secondary N) is 1. The van der Waals surface area contributed by atoms with Gasteiger partial charge in [-0.2, -0.15) is 12.7 Å². The first kappa shape index (κ1) is 38.6. The molecule has 3 aliphatic rings. The highest BCUT2D eigenvalue weighted by Crippen LogP contribution is 2.36. The number of benzene rings is 2. The summed E-state index contributed by atoms with van der Waals surface area (Å²) in [6.07, 6.45) is 1.31. The number of carbonyl (C=O) groups is 2. The molecule has 0 bridgehead atoms. The zero-order chi connectivity index (χ0) is 38.4. The summed E-state index contributed by atoms with van der Waals surface area (Å²) in [5.41, 5.74) is 3.56. The van der Waals surface area contributed by atoms with Crippen molar-refractivity contribution in [1.82, 2.24) is 18.8 Å². The van der Waals surface area contributed by atoms with Gasteiger partial charge in [0.05, 0.1) is 47.7 Å². The van der Waals surface area contributed by atoms with E-state index < -0.39 is 33.5 Å². The molecule has 288 valence electrons. The molecule has 3 aromatic rings. The molecule has 6 rings (SSSR count). The van der Waals surface area contributed by atoms with E-state index in [0.29, 0.717) is 37.0 Å². The monoisotopic (exact) mass is 756 g/mol. The van der Waals surface area contributed by atoms with Crippen LogP contribution in [0.25, 0.3) is 11.0 Å². The van der Waals surface area contributed by atoms with Crippen molar-refractivity contribution < 1.29 is 36.3 Å². The molecule has 2 aromatic carbocycles. The first-order valence-electron chi connectivity index (χ1n) is 17.8. The standard InChI is InChI=1S/C37H49FN6O8S/c1-22-15-31(42-14-13-41(5)24(18-42)21-50-6)23(2)34-33(22)26-10-12-43(20-29(26)37(47)52-34)36(46)27-17-32(40(3)4)28(16-30(27)38)35(45)39-53(48,49)44-11-8-9-25(19-44)51-7/h15-17,24-25H,8-14,18-21H2,1-7H3,(H,39,45)/t24-,25+/m1/s1. The van der Waals surface area contributed by atoms with E-state index in [1.807, 2.05) is 13.8 Å². The number of rotatable bonds is 9. The molecule has 14 nitrogen and oxygen atoms in total. The maximum Gasteiger partial charge on any atom is 0.341 e. The van der Waals surface area contributed by atoms with E-state index in [4.69, 9.17) is 13.9 Å².